The fourth-order valence-corrected chi connectivity index (χ4v) is 3.26. The fourth-order valence-electron chi connectivity index (χ4n) is 3.26. The number of hydrogen-bond acceptors (Lipinski definition) is 6. The molecule has 8 nitrogen and oxygen atoms in total. The summed E-state index contributed by atoms with van der Waals surface area (Å²) in [5, 5.41) is 14.9. The molecule has 2 heterocycles. The molecule has 0 unspecified atom stereocenters. The van der Waals surface area contributed by atoms with Crippen LogP contribution in [0.2, 0.25) is 0 Å². The minimum atomic E-state index is -0.438. The Kier molecular flexibility index (Phi) is 4.78. The van der Waals surface area contributed by atoms with E-state index in [4.69, 9.17) is 0 Å². The summed E-state index contributed by atoms with van der Waals surface area (Å²) in [7, 11) is 0. The van der Waals surface area contributed by atoms with Crippen LogP contribution in [0.25, 0.3) is 5.82 Å². The predicted octanol–water partition coefficient (Wildman–Crippen LogP) is 3.34. The number of allylic oxidation sites excluding steroid dienone is 1. The maximum atomic E-state index is 11.5. The third-order valence-corrected chi connectivity index (χ3v) is 4.68. The molecular weight excluding hydrogens is 320 g/mol. The molecule has 132 valence electrons. The van der Waals surface area contributed by atoms with Crippen LogP contribution in [-0.4, -0.2) is 30.5 Å². The summed E-state index contributed by atoms with van der Waals surface area (Å²) in [6, 6.07) is 0.229. The predicted molar refractivity (Wildman–Crippen MR) is 94.8 cm³/mol. The minimum absolute atomic E-state index is 0.0952. The lowest BCUT2D eigenvalue weighted by Gasteiger charge is -2.28. The van der Waals surface area contributed by atoms with Crippen molar-refractivity contribution in [2.45, 2.75) is 46.1 Å². The van der Waals surface area contributed by atoms with E-state index in [1.54, 1.807) is 30.8 Å². The molecule has 1 aliphatic rings. The molecule has 0 aromatic carbocycles. The van der Waals surface area contributed by atoms with E-state index in [9.17, 15) is 10.1 Å². The van der Waals surface area contributed by atoms with Gasteiger partial charge in [0.25, 0.3) is 0 Å². The Balaban J connectivity index is 2.02. The molecule has 0 amide bonds. The number of anilines is 1. The van der Waals surface area contributed by atoms with Crippen LogP contribution in [0, 0.1) is 29.9 Å². The van der Waals surface area contributed by atoms with Gasteiger partial charge in [-0.1, -0.05) is 25.5 Å². The first-order valence-corrected chi connectivity index (χ1v) is 8.46. The van der Waals surface area contributed by atoms with E-state index in [0.717, 1.165) is 19.3 Å². The molecule has 2 atom stereocenters. The zero-order valence-corrected chi connectivity index (χ0v) is 14.6. The molecule has 0 saturated heterocycles. The first-order valence-electron chi connectivity index (χ1n) is 8.46. The number of hydrogen-bond donors (Lipinski definition) is 1. The Hall–Kier alpha value is -2.77. The van der Waals surface area contributed by atoms with Crippen molar-refractivity contribution < 1.29 is 4.92 Å². The quantitative estimate of drug-likeness (QED) is 0.508. The van der Waals surface area contributed by atoms with Crippen molar-refractivity contribution >= 4 is 11.6 Å². The van der Waals surface area contributed by atoms with Crippen LogP contribution in [0.15, 0.2) is 24.5 Å². The Bertz CT molecular complexity index is 813. The lowest BCUT2D eigenvalue weighted by molar-refractivity contribution is -0.385. The van der Waals surface area contributed by atoms with Gasteiger partial charge in [0.2, 0.25) is 11.8 Å². The summed E-state index contributed by atoms with van der Waals surface area (Å²) in [5.41, 5.74) is 0.243. The van der Waals surface area contributed by atoms with Crippen molar-refractivity contribution in [2.75, 3.05) is 5.32 Å². The molecule has 0 fully saturated rings. The number of aromatic nitrogens is 4. The van der Waals surface area contributed by atoms with Crippen LogP contribution in [0.4, 0.5) is 11.6 Å². The Morgan fingerprint density at radius 3 is 2.72 bits per heavy atom. The van der Waals surface area contributed by atoms with Crippen LogP contribution in [0.3, 0.4) is 0 Å². The van der Waals surface area contributed by atoms with Gasteiger partial charge in [-0.25, -0.2) is 9.97 Å². The molecule has 0 aliphatic heterocycles. The smallest absolute Gasteiger partial charge is 0.333 e. The summed E-state index contributed by atoms with van der Waals surface area (Å²) >= 11 is 0. The SMILES string of the molecule is CC[C@@H]1CC=CC[C@@H]1Nc1nc(C)c([N+](=O)[O-])c(-n2ccnc2C)n1. The topological polar surface area (TPSA) is 98.8 Å². The number of nitrogens with zero attached hydrogens (tertiary/aromatic N) is 5. The van der Waals surface area contributed by atoms with Gasteiger partial charge in [-0.05, 0) is 32.6 Å². The second-order valence-electron chi connectivity index (χ2n) is 6.27. The molecule has 3 rings (SSSR count). The second-order valence-corrected chi connectivity index (χ2v) is 6.27. The van der Waals surface area contributed by atoms with Gasteiger partial charge in [0.15, 0.2) is 0 Å². The van der Waals surface area contributed by atoms with Crippen molar-refractivity contribution in [3.8, 4) is 5.82 Å². The Labute approximate surface area is 146 Å². The normalized spacial score (nSPS) is 19.8. The molecule has 0 saturated carbocycles. The van der Waals surface area contributed by atoms with Crippen LogP contribution in [0.1, 0.15) is 37.7 Å². The Morgan fingerprint density at radius 1 is 1.32 bits per heavy atom. The van der Waals surface area contributed by atoms with E-state index in [2.05, 4.69) is 39.3 Å². The van der Waals surface area contributed by atoms with Gasteiger partial charge in [-0.15, -0.1) is 0 Å². The monoisotopic (exact) mass is 342 g/mol. The summed E-state index contributed by atoms with van der Waals surface area (Å²) in [5.74, 6) is 1.81. The standard InChI is InChI=1S/C17H22N6O2/c1-4-13-7-5-6-8-14(13)20-17-19-11(2)15(23(24)25)16(21-17)22-10-9-18-12(22)3/h5-6,9-10,13-14H,4,7-8H2,1-3H3,(H,19,20,21)/t13-,14+/m1/s1. The first kappa shape index (κ1) is 17.1. The number of nitrogens with one attached hydrogen (secondary N) is 1. The van der Waals surface area contributed by atoms with Gasteiger partial charge in [-0.2, -0.15) is 4.98 Å². The van der Waals surface area contributed by atoms with E-state index in [1.807, 2.05) is 0 Å². The highest BCUT2D eigenvalue weighted by atomic mass is 16.6. The highest BCUT2D eigenvalue weighted by Crippen LogP contribution is 2.29. The maximum absolute atomic E-state index is 11.5. The van der Waals surface area contributed by atoms with Crippen molar-refractivity contribution in [3.05, 3.63) is 46.2 Å². The zero-order valence-electron chi connectivity index (χ0n) is 14.6. The highest BCUT2D eigenvalue weighted by molar-refractivity contribution is 5.54. The van der Waals surface area contributed by atoms with Gasteiger partial charge in [0.1, 0.15) is 11.5 Å². The highest BCUT2D eigenvalue weighted by Gasteiger charge is 2.27. The fraction of sp³-hybridized carbons (Fsp3) is 0.471. The molecular formula is C17H22N6O2. The van der Waals surface area contributed by atoms with Crippen LogP contribution >= 0.6 is 0 Å². The van der Waals surface area contributed by atoms with Crippen LogP contribution in [-0.2, 0) is 0 Å². The number of imidazole rings is 1. The molecule has 25 heavy (non-hydrogen) atoms. The van der Waals surface area contributed by atoms with E-state index in [-0.39, 0.29) is 17.5 Å². The summed E-state index contributed by atoms with van der Waals surface area (Å²) < 4.78 is 1.62. The molecule has 0 spiro atoms. The number of aryl methyl sites for hydroxylation is 2. The third kappa shape index (κ3) is 3.38. The van der Waals surface area contributed by atoms with Crippen LogP contribution < -0.4 is 5.32 Å². The van der Waals surface area contributed by atoms with E-state index >= 15 is 0 Å². The van der Waals surface area contributed by atoms with E-state index < -0.39 is 4.92 Å². The van der Waals surface area contributed by atoms with Crippen molar-refractivity contribution in [1.29, 1.82) is 0 Å². The summed E-state index contributed by atoms with van der Waals surface area (Å²) in [6.45, 7) is 5.59. The van der Waals surface area contributed by atoms with Gasteiger partial charge in [0.05, 0.1) is 4.92 Å². The number of nitro groups is 1. The largest absolute Gasteiger partial charge is 0.351 e. The van der Waals surface area contributed by atoms with Crippen molar-refractivity contribution in [3.63, 3.8) is 0 Å². The van der Waals surface area contributed by atoms with E-state index in [0.29, 0.717) is 23.4 Å². The first-order chi connectivity index (χ1) is 12.0. The van der Waals surface area contributed by atoms with Crippen molar-refractivity contribution in [2.24, 2.45) is 5.92 Å². The average molecular weight is 342 g/mol. The number of rotatable bonds is 5. The zero-order chi connectivity index (χ0) is 18.0. The van der Waals surface area contributed by atoms with Crippen molar-refractivity contribution in [1.82, 2.24) is 19.5 Å². The lowest BCUT2D eigenvalue weighted by atomic mass is 9.87. The molecule has 0 radical (unpaired) electrons. The van der Waals surface area contributed by atoms with Crippen LogP contribution in [0.5, 0.6) is 0 Å². The average Bonchev–Trinajstić information content (AvgIpc) is 3.00. The third-order valence-electron chi connectivity index (χ3n) is 4.68. The molecule has 1 N–H and O–H groups in total. The molecule has 1 aliphatic carbocycles. The second kappa shape index (κ2) is 7.00. The van der Waals surface area contributed by atoms with E-state index in [1.165, 1.54) is 0 Å². The molecule has 2 aromatic heterocycles. The van der Waals surface area contributed by atoms with Gasteiger partial charge in [-0.3, -0.25) is 14.7 Å². The summed E-state index contributed by atoms with van der Waals surface area (Å²) in [6.07, 6.45) is 10.6. The molecule has 2 aromatic rings. The van der Waals surface area contributed by atoms with Gasteiger partial charge in [0, 0.05) is 18.4 Å². The lowest BCUT2D eigenvalue weighted by Crippen LogP contribution is -2.31. The minimum Gasteiger partial charge on any atom is -0.351 e. The molecule has 8 heteroatoms. The molecule has 0 bridgehead atoms. The van der Waals surface area contributed by atoms with Gasteiger partial charge < -0.3 is 5.32 Å². The Morgan fingerprint density at radius 2 is 2.08 bits per heavy atom. The summed E-state index contributed by atoms with van der Waals surface area (Å²) in [4.78, 5) is 24.0. The van der Waals surface area contributed by atoms with Gasteiger partial charge >= 0.3 is 5.69 Å². The maximum Gasteiger partial charge on any atom is 0.333 e.